The highest BCUT2D eigenvalue weighted by Crippen LogP contribution is 2.35. The van der Waals surface area contributed by atoms with Crippen molar-refractivity contribution in [1.29, 1.82) is 0 Å². The van der Waals surface area contributed by atoms with Gasteiger partial charge >= 0.3 is 0 Å². The second-order valence-corrected chi connectivity index (χ2v) is 7.17. The van der Waals surface area contributed by atoms with Gasteiger partial charge < -0.3 is 5.32 Å². The second kappa shape index (κ2) is 7.89. The molecule has 1 unspecified atom stereocenters. The van der Waals surface area contributed by atoms with Crippen molar-refractivity contribution < 1.29 is 4.79 Å². The standard InChI is InChI=1S/C22H20ClN3O/c23-19-9-5-4-8-17(19)16-12-20-18(21(27)13-16)14-25-22(26-20)24-11-10-15-6-2-1-3-7-15/h1-9,14,16H,10-13H2,(H,24,25,26). The van der Waals surface area contributed by atoms with Gasteiger partial charge in [-0.1, -0.05) is 60.1 Å². The molecule has 5 heteroatoms. The van der Waals surface area contributed by atoms with Crippen molar-refractivity contribution in [3.8, 4) is 0 Å². The van der Waals surface area contributed by atoms with Gasteiger partial charge in [-0.2, -0.15) is 0 Å². The molecule has 0 radical (unpaired) electrons. The molecule has 2 aromatic carbocycles. The van der Waals surface area contributed by atoms with Crippen molar-refractivity contribution in [3.63, 3.8) is 0 Å². The molecule has 0 aliphatic heterocycles. The van der Waals surface area contributed by atoms with Gasteiger partial charge in [0.1, 0.15) is 0 Å². The average molecular weight is 378 g/mol. The number of nitrogens with zero attached hydrogens (tertiary/aromatic N) is 2. The van der Waals surface area contributed by atoms with E-state index in [-0.39, 0.29) is 11.7 Å². The maximum Gasteiger partial charge on any atom is 0.222 e. The largest absolute Gasteiger partial charge is 0.354 e. The van der Waals surface area contributed by atoms with E-state index in [4.69, 9.17) is 11.6 Å². The Bertz CT molecular complexity index is 959. The highest BCUT2D eigenvalue weighted by molar-refractivity contribution is 6.31. The SMILES string of the molecule is O=C1CC(c2ccccc2Cl)Cc2nc(NCCc3ccccc3)ncc21. The number of fused-ring (bicyclic) bond motifs is 1. The van der Waals surface area contributed by atoms with Crippen molar-refractivity contribution >= 4 is 23.3 Å². The highest BCUT2D eigenvalue weighted by atomic mass is 35.5. The van der Waals surface area contributed by atoms with E-state index in [9.17, 15) is 4.79 Å². The normalized spacial score (nSPS) is 16.0. The zero-order valence-electron chi connectivity index (χ0n) is 14.9. The van der Waals surface area contributed by atoms with Gasteiger partial charge in [0.15, 0.2) is 5.78 Å². The van der Waals surface area contributed by atoms with Crippen LogP contribution in [-0.4, -0.2) is 22.3 Å². The van der Waals surface area contributed by atoms with Crippen LogP contribution >= 0.6 is 11.6 Å². The Morgan fingerprint density at radius 3 is 2.63 bits per heavy atom. The molecule has 1 N–H and O–H groups in total. The number of rotatable bonds is 5. The Morgan fingerprint density at radius 2 is 1.81 bits per heavy atom. The van der Waals surface area contributed by atoms with Crippen molar-refractivity contribution in [2.24, 2.45) is 0 Å². The molecule has 4 rings (SSSR count). The molecule has 1 atom stereocenters. The minimum Gasteiger partial charge on any atom is -0.354 e. The Balaban J connectivity index is 1.48. The van der Waals surface area contributed by atoms with E-state index in [0.717, 1.165) is 24.2 Å². The zero-order valence-corrected chi connectivity index (χ0v) is 15.6. The number of benzene rings is 2. The fourth-order valence-corrected chi connectivity index (χ4v) is 3.81. The average Bonchev–Trinajstić information content (AvgIpc) is 2.69. The molecule has 1 heterocycles. The first-order valence-corrected chi connectivity index (χ1v) is 9.50. The first kappa shape index (κ1) is 17.7. The van der Waals surface area contributed by atoms with Gasteiger partial charge in [0.2, 0.25) is 5.95 Å². The number of Topliss-reactive ketones (excluding diaryl/α,β-unsaturated/α-hetero) is 1. The van der Waals surface area contributed by atoms with Crippen LogP contribution in [0.3, 0.4) is 0 Å². The van der Waals surface area contributed by atoms with Crippen molar-refractivity contribution in [3.05, 3.63) is 88.2 Å². The third-order valence-electron chi connectivity index (χ3n) is 4.92. The molecule has 1 aromatic heterocycles. The summed E-state index contributed by atoms with van der Waals surface area (Å²) in [6, 6.07) is 18.0. The smallest absolute Gasteiger partial charge is 0.222 e. The lowest BCUT2D eigenvalue weighted by Gasteiger charge is -2.24. The molecule has 3 aromatic rings. The summed E-state index contributed by atoms with van der Waals surface area (Å²) in [5.41, 5.74) is 3.70. The quantitative estimate of drug-likeness (QED) is 0.700. The topological polar surface area (TPSA) is 54.9 Å². The number of nitrogens with one attached hydrogen (secondary N) is 1. The van der Waals surface area contributed by atoms with Gasteiger partial charge in [0.25, 0.3) is 0 Å². The lowest BCUT2D eigenvalue weighted by Crippen LogP contribution is -2.22. The van der Waals surface area contributed by atoms with Crippen molar-refractivity contribution in [2.75, 3.05) is 11.9 Å². The monoisotopic (exact) mass is 377 g/mol. The molecule has 4 nitrogen and oxygen atoms in total. The van der Waals surface area contributed by atoms with E-state index in [1.807, 2.05) is 42.5 Å². The third-order valence-corrected chi connectivity index (χ3v) is 5.27. The molecule has 1 aliphatic rings. The Labute approximate surface area is 163 Å². The fourth-order valence-electron chi connectivity index (χ4n) is 3.52. The molecule has 0 spiro atoms. The van der Waals surface area contributed by atoms with Gasteiger partial charge in [0, 0.05) is 24.2 Å². The summed E-state index contributed by atoms with van der Waals surface area (Å²) >= 11 is 6.33. The summed E-state index contributed by atoms with van der Waals surface area (Å²) in [6.07, 6.45) is 3.68. The first-order valence-electron chi connectivity index (χ1n) is 9.12. The van der Waals surface area contributed by atoms with Crippen molar-refractivity contribution in [2.45, 2.75) is 25.2 Å². The molecule has 0 saturated heterocycles. The summed E-state index contributed by atoms with van der Waals surface area (Å²) in [6.45, 7) is 0.741. The van der Waals surface area contributed by atoms with Crippen LogP contribution < -0.4 is 5.32 Å². The summed E-state index contributed by atoms with van der Waals surface area (Å²) in [7, 11) is 0. The predicted molar refractivity (Wildman–Crippen MR) is 108 cm³/mol. The number of hydrogen-bond acceptors (Lipinski definition) is 4. The van der Waals surface area contributed by atoms with Gasteiger partial charge in [-0.15, -0.1) is 0 Å². The molecular weight excluding hydrogens is 358 g/mol. The third kappa shape index (κ3) is 4.01. The summed E-state index contributed by atoms with van der Waals surface area (Å²) in [4.78, 5) is 21.5. The van der Waals surface area contributed by atoms with Crippen LogP contribution in [0.2, 0.25) is 5.02 Å². The molecule has 0 saturated carbocycles. The Kier molecular flexibility index (Phi) is 5.16. The van der Waals surface area contributed by atoms with E-state index in [0.29, 0.717) is 29.4 Å². The maximum atomic E-state index is 12.5. The summed E-state index contributed by atoms with van der Waals surface area (Å²) in [5.74, 6) is 0.708. The molecule has 136 valence electrons. The molecule has 1 aliphatic carbocycles. The van der Waals surface area contributed by atoms with Crippen molar-refractivity contribution in [1.82, 2.24) is 9.97 Å². The molecular formula is C22H20ClN3O. The van der Waals surface area contributed by atoms with E-state index in [2.05, 4.69) is 27.4 Å². The van der Waals surface area contributed by atoms with Crippen LogP contribution in [0.5, 0.6) is 0 Å². The zero-order chi connectivity index (χ0) is 18.6. The molecule has 0 bridgehead atoms. The first-order chi connectivity index (χ1) is 13.2. The molecule has 0 fully saturated rings. The van der Waals surface area contributed by atoms with Crippen LogP contribution in [0.25, 0.3) is 0 Å². The number of hydrogen-bond donors (Lipinski definition) is 1. The highest BCUT2D eigenvalue weighted by Gasteiger charge is 2.29. The number of anilines is 1. The lowest BCUT2D eigenvalue weighted by atomic mass is 9.82. The minimum absolute atomic E-state index is 0.0609. The van der Waals surface area contributed by atoms with Gasteiger partial charge in [0.05, 0.1) is 11.3 Å². The summed E-state index contributed by atoms with van der Waals surface area (Å²) in [5, 5.41) is 3.97. The molecule has 27 heavy (non-hydrogen) atoms. The molecule has 0 amide bonds. The van der Waals surface area contributed by atoms with Gasteiger partial charge in [-0.3, -0.25) is 4.79 Å². The van der Waals surface area contributed by atoms with E-state index >= 15 is 0 Å². The number of aromatic nitrogens is 2. The number of halogens is 1. The Hall–Kier alpha value is -2.72. The lowest BCUT2D eigenvalue weighted by molar-refractivity contribution is 0.0963. The second-order valence-electron chi connectivity index (χ2n) is 6.77. The number of carbonyl (C=O) groups excluding carboxylic acids is 1. The van der Waals surface area contributed by atoms with Gasteiger partial charge in [-0.05, 0) is 36.0 Å². The number of carbonyl (C=O) groups is 1. The maximum absolute atomic E-state index is 12.5. The predicted octanol–water partition coefficient (Wildman–Crippen LogP) is 4.70. The number of ketones is 1. The van der Waals surface area contributed by atoms with E-state index in [1.54, 1.807) is 6.20 Å². The fraction of sp³-hybridized carbons (Fsp3) is 0.227. The van der Waals surface area contributed by atoms with Gasteiger partial charge in [-0.25, -0.2) is 9.97 Å². The van der Waals surface area contributed by atoms with Crippen LogP contribution in [0, 0.1) is 0 Å². The van der Waals surface area contributed by atoms with Crippen LogP contribution in [0.15, 0.2) is 60.8 Å². The van der Waals surface area contributed by atoms with Crippen LogP contribution in [-0.2, 0) is 12.8 Å². The van der Waals surface area contributed by atoms with Crippen LogP contribution in [0.4, 0.5) is 5.95 Å². The minimum atomic E-state index is 0.0609. The van der Waals surface area contributed by atoms with Crippen LogP contribution in [0.1, 0.15) is 39.5 Å². The Morgan fingerprint density at radius 1 is 1.04 bits per heavy atom. The van der Waals surface area contributed by atoms with E-state index in [1.165, 1.54) is 5.56 Å². The summed E-state index contributed by atoms with van der Waals surface area (Å²) < 4.78 is 0. The van der Waals surface area contributed by atoms with E-state index < -0.39 is 0 Å².